The van der Waals surface area contributed by atoms with Gasteiger partial charge in [-0.25, -0.2) is 12.8 Å². The molecule has 1 unspecified atom stereocenters. The van der Waals surface area contributed by atoms with Gasteiger partial charge in [0.1, 0.15) is 16.8 Å². The average molecular weight is 310 g/mol. The Kier molecular flexibility index (Phi) is 5.28. The number of hydrogen-bond acceptors (Lipinski definition) is 3. The van der Waals surface area contributed by atoms with Gasteiger partial charge < -0.3 is 5.11 Å². The lowest BCUT2D eigenvalue weighted by Crippen LogP contribution is -2.40. The van der Waals surface area contributed by atoms with Crippen LogP contribution in [0.1, 0.15) is 19.8 Å². The lowest BCUT2D eigenvalue weighted by atomic mass is 10.2. The van der Waals surface area contributed by atoms with Crippen molar-refractivity contribution in [1.29, 1.82) is 0 Å². The van der Waals surface area contributed by atoms with Crippen molar-refractivity contribution in [3.05, 3.63) is 29.0 Å². The summed E-state index contributed by atoms with van der Waals surface area (Å²) in [6.07, 6.45) is 0.561. The molecule has 0 radical (unpaired) electrons. The molecule has 1 aromatic carbocycles. The Hall–Kier alpha value is -1.18. The summed E-state index contributed by atoms with van der Waals surface area (Å²) in [6.45, 7) is 1.71. The van der Waals surface area contributed by atoms with Gasteiger partial charge in [0.25, 0.3) is 0 Å². The number of carboxylic acids is 1. The van der Waals surface area contributed by atoms with Crippen molar-refractivity contribution in [1.82, 2.24) is 4.72 Å². The minimum Gasteiger partial charge on any atom is -0.480 e. The third kappa shape index (κ3) is 3.89. The molecule has 0 amide bonds. The minimum atomic E-state index is -4.33. The molecule has 1 aromatic rings. The SMILES string of the molecule is CCCC(NS(=O)(=O)c1c(F)cccc1Cl)C(=O)O. The maximum absolute atomic E-state index is 13.5. The van der Waals surface area contributed by atoms with E-state index in [1.165, 1.54) is 12.1 Å². The molecule has 0 saturated carbocycles. The number of rotatable bonds is 6. The summed E-state index contributed by atoms with van der Waals surface area (Å²) < 4.78 is 39.4. The first-order chi connectivity index (χ1) is 8.79. The molecule has 0 aliphatic heterocycles. The first-order valence-corrected chi connectivity index (χ1v) is 7.35. The summed E-state index contributed by atoms with van der Waals surface area (Å²) in [5, 5.41) is 8.60. The van der Waals surface area contributed by atoms with Crippen LogP contribution in [0.4, 0.5) is 4.39 Å². The molecule has 2 N–H and O–H groups in total. The summed E-state index contributed by atoms with van der Waals surface area (Å²) in [5.74, 6) is -2.35. The number of hydrogen-bond donors (Lipinski definition) is 2. The third-order valence-corrected chi connectivity index (χ3v) is 4.33. The summed E-state index contributed by atoms with van der Waals surface area (Å²) in [7, 11) is -4.33. The van der Waals surface area contributed by atoms with Gasteiger partial charge in [-0.15, -0.1) is 0 Å². The van der Waals surface area contributed by atoms with Crippen LogP contribution in [0, 0.1) is 5.82 Å². The van der Waals surface area contributed by atoms with E-state index >= 15 is 0 Å². The van der Waals surface area contributed by atoms with E-state index in [9.17, 15) is 17.6 Å². The number of benzene rings is 1. The highest BCUT2D eigenvalue weighted by molar-refractivity contribution is 7.89. The van der Waals surface area contributed by atoms with Gasteiger partial charge in [0.15, 0.2) is 0 Å². The monoisotopic (exact) mass is 309 g/mol. The molecule has 0 bridgehead atoms. The minimum absolute atomic E-state index is 0.0979. The second kappa shape index (κ2) is 6.31. The van der Waals surface area contributed by atoms with Crippen LogP contribution in [0.3, 0.4) is 0 Å². The summed E-state index contributed by atoms with van der Waals surface area (Å²) in [6, 6.07) is 2.10. The number of sulfonamides is 1. The fourth-order valence-corrected chi connectivity index (χ4v) is 3.34. The molecule has 0 saturated heterocycles. The van der Waals surface area contributed by atoms with Crippen LogP contribution in [0.2, 0.25) is 5.02 Å². The van der Waals surface area contributed by atoms with Gasteiger partial charge in [-0.1, -0.05) is 31.0 Å². The van der Waals surface area contributed by atoms with Crippen molar-refractivity contribution in [2.45, 2.75) is 30.7 Å². The molecule has 5 nitrogen and oxygen atoms in total. The van der Waals surface area contributed by atoms with E-state index < -0.39 is 32.7 Å². The Morgan fingerprint density at radius 1 is 1.53 bits per heavy atom. The molecule has 1 rings (SSSR count). The van der Waals surface area contributed by atoms with Gasteiger partial charge in [-0.05, 0) is 18.6 Å². The number of nitrogens with one attached hydrogen (secondary N) is 1. The largest absolute Gasteiger partial charge is 0.480 e. The predicted octanol–water partition coefficient (Wildman–Crippen LogP) is 2.01. The smallest absolute Gasteiger partial charge is 0.321 e. The highest BCUT2D eigenvalue weighted by atomic mass is 35.5. The van der Waals surface area contributed by atoms with E-state index in [4.69, 9.17) is 16.7 Å². The zero-order valence-corrected chi connectivity index (χ0v) is 11.6. The van der Waals surface area contributed by atoms with E-state index in [0.717, 1.165) is 6.07 Å². The Bertz CT molecular complexity index is 556. The number of carbonyl (C=O) groups is 1. The molecule has 1 atom stereocenters. The van der Waals surface area contributed by atoms with Crippen molar-refractivity contribution < 1.29 is 22.7 Å². The summed E-state index contributed by atoms with van der Waals surface area (Å²) >= 11 is 5.65. The molecule has 8 heteroatoms. The van der Waals surface area contributed by atoms with Crippen LogP contribution in [0.15, 0.2) is 23.1 Å². The number of carboxylic acid groups (broad SMARTS) is 1. The Morgan fingerprint density at radius 3 is 2.63 bits per heavy atom. The number of halogens is 2. The second-order valence-electron chi connectivity index (χ2n) is 3.85. The van der Waals surface area contributed by atoms with Crippen molar-refractivity contribution >= 4 is 27.6 Å². The lowest BCUT2D eigenvalue weighted by molar-refractivity contribution is -0.139. The summed E-state index contributed by atoms with van der Waals surface area (Å²) in [5.41, 5.74) is 0. The van der Waals surface area contributed by atoms with Crippen LogP contribution < -0.4 is 4.72 Å². The van der Waals surface area contributed by atoms with Crippen molar-refractivity contribution in [2.75, 3.05) is 0 Å². The fraction of sp³-hybridized carbons (Fsp3) is 0.364. The molecular weight excluding hydrogens is 297 g/mol. The first kappa shape index (κ1) is 15.9. The third-order valence-electron chi connectivity index (χ3n) is 2.36. The van der Waals surface area contributed by atoms with E-state index in [-0.39, 0.29) is 11.4 Å². The standard InChI is InChI=1S/C11H13ClFNO4S/c1-2-4-9(11(15)16)14-19(17,18)10-7(12)5-3-6-8(10)13/h3,5-6,9,14H,2,4H2,1H3,(H,15,16). The fourth-order valence-electron chi connectivity index (χ4n) is 1.51. The van der Waals surface area contributed by atoms with Crippen LogP contribution in [0.5, 0.6) is 0 Å². The van der Waals surface area contributed by atoms with Gasteiger partial charge in [-0.2, -0.15) is 4.72 Å². The predicted molar refractivity (Wildman–Crippen MR) is 68.1 cm³/mol. The van der Waals surface area contributed by atoms with Gasteiger partial charge in [0.05, 0.1) is 5.02 Å². The highest BCUT2D eigenvalue weighted by Crippen LogP contribution is 2.24. The van der Waals surface area contributed by atoms with Crippen molar-refractivity contribution in [2.24, 2.45) is 0 Å². The average Bonchev–Trinajstić information content (AvgIpc) is 2.27. The molecule has 0 fully saturated rings. The number of aliphatic carboxylic acids is 1. The summed E-state index contributed by atoms with van der Waals surface area (Å²) in [4.78, 5) is 10.2. The van der Waals surface area contributed by atoms with Crippen LogP contribution in [-0.4, -0.2) is 25.5 Å². The molecule has 0 aliphatic carbocycles. The van der Waals surface area contributed by atoms with E-state index in [2.05, 4.69) is 0 Å². The molecule has 0 aromatic heterocycles. The van der Waals surface area contributed by atoms with Gasteiger partial charge in [0, 0.05) is 0 Å². The molecule has 106 valence electrons. The molecule has 0 heterocycles. The zero-order chi connectivity index (χ0) is 14.6. The Balaban J connectivity index is 3.14. The van der Waals surface area contributed by atoms with Gasteiger partial charge >= 0.3 is 5.97 Å². The lowest BCUT2D eigenvalue weighted by Gasteiger charge is -2.15. The molecule has 0 aliphatic rings. The second-order valence-corrected chi connectivity index (χ2v) is 5.91. The normalized spacial score (nSPS) is 13.2. The Morgan fingerprint density at radius 2 is 2.16 bits per heavy atom. The Labute approximate surface area is 115 Å². The van der Waals surface area contributed by atoms with Crippen LogP contribution in [0.25, 0.3) is 0 Å². The van der Waals surface area contributed by atoms with Gasteiger partial charge in [0.2, 0.25) is 10.0 Å². The van der Waals surface area contributed by atoms with E-state index in [1.54, 1.807) is 6.92 Å². The van der Waals surface area contributed by atoms with E-state index in [1.807, 2.05) is 4.72 Å². The molecular formula is C11H13ClFNO4S. The van der Waals surface area contributed by atoms with Crippen molar-refractivity contribution in [3.8, 4) is 0 Å². The van der Waals surface area contributed by atoms with Crippen LogP contribution >= 0.6 is 11.6 Å². The molecule has 0 spiro atoms. The highest BCUT2D eigenvalue weighted by Gasteiger charge is 2.28. The topological polar surface area (TPSA) is 83.5 Å². The maximum atomic E-state index is 13.5. The zero-order valence-electron chi connectivity index (χ0n) is 10.1. The van der Waals surface area contributed by atoms with E-state index in [0.29, 0.717) is 6.42 Å². The van der Waals surface area contributed by atoms with Crippen molar-refractivity contribution in [3.63, 3.8) is 0 Å². The first-order valence-electron chi connectivity index (χ1n) is 5.48. The maximum Gasteiger partial charge on any atom is 0.321 e. The van der Waals surface area contributed by atoms with Crippen LogP contribution in [-0.2, 0) is 14.8 Å². The van der Waals surface area contributed by atoms with Gasteiger partial charge in [-0.3, -0.25) is 4.79 Å². The molecule has 19 heavy (non-hydrogen) atoms. The quantitative estimate of drug-likeness (QED) is 0.842.